The Balaban J connectivity index is 2.06. The summed E-state index contributed by atoms with van der Waals surface area (Å²) < 4.78 is 0. The van der Waals surface area contributed by atoms with E-state index in [1.807, 2.05) is 31.2 Å². The molecule has 2 aromatic rings. The number of nitrogens with one attached hydrogen (secondary N) is 1. The molecule has 0 aliphatic heterocycles. The van der Waals surface area contributed by atoms with Crippen LogP contribution >= 0.6 is 46.6 Å². The molecule has 0 radical (unpaired) electrons. The molecule has 0 aliphatic carbocycles. The third kappa shape index (κ3) is 5.10. The SMILES string of the molecule is CC[C@H](Sc1ccc(Cl)cc1)C(=O)Nc1cc(Cl)cc(Cl)c1. The fraction of sp³-hybridized carbons (Fsp3) is 0.188. The molecule has 1 N–H and O–H groups in total. The highest BCUT2D eigenvalue weighted by atomic mass is 35.5. The lowest BCUT2D eigenvalue weighted by Crippen LogP contribution is -2.24. The van der Waals surface area contributed by atoms with E-state index in [1.54, 1.807) is 18.2 Å². The molecule has 2 aromatic carbocycles. The standard InChI is InChI=1S/C16H14Cl3NOS/c1-2-15(22-14-5-3-10(17)4-6-14)16(21)20-13-8-11(18)7-12(19)9-13/h3-9,15H,2H2,1H3,(H,20,21)/t15-/m0/s1. The first-order valence-corrected chi connectivity index (χ1v) is 8.68. The van der Waals surface area contributed by atoms with Crippen LogP contribution in [0, 0.1) is 0 Å². The van der Waals surface area contributed by atoms with Crippen molar-refractivity contribution in [2.75, 3.05) is 5.32 Å². The zero-order valence-corrected chi connectivity index (χ0v) is 14.9. The highest BCUT2D eigenvalue weighted by Gasteiger charge is 2.18. The van der Waals surface area contributed by atoms with Gasteiger partial charge in [0.1, 0.15) is 0 Å². The zero-order chi connectivity index (χ0) is 16.1. The second-order valence-electron chi connectivity index (χ2n) is 4.62. The average molecular weight is 375 g/mol. The molecule has 22 heavy (non-hydrogen) atoms. The van der Waals surface area contributed by atoms with Crippen LogP contribution in [0.3, 0.4) is 0 Å². The number of hydrogen-bond donors (Lipinski definition) is 1. The summed E-state index contributed by atoms with van der Waals surface area (Å²) >= 11 is 19.2. The second-order valence-corrected chi connectivity index (χ2v) is 7.20. The molecule has 2 nitrogen and oxygen atoms in total. The van der Waals surface area contributed by atoms with Gasteiger partial charge in [0.2, 0.25) is 5.91 Å². The van der Waals surface area contributed by atoms with Crippen molar-refractivity contribution in [3.05, 3.63) is 57.5 Å². The molecular weight excluding hydrogens is 361 g/mol. The van der Waals surface area contributed by atoms with Crippen LogP contribution in [-0.2, 0) is 4.79 Å². The van der Waals surface area contributed by atoms with E-state index >= 15 is 0 Å². The van der Waals surface area contributed by atoms with E-state index in [4.69, 9.17) is 34.8 Å². The quantitative estimate of drug-likeness (QED) is 0.635. The van der Waals surface area contributed by atoms with E-state index in [0.29, 0.717) is 27.2 Å². The van der Waals surface area contributed by atoms with Gasteiger partial charge in [-0.2, -0.15) is 0 Å². The summed E-state index contributed by atoms with van der Waals surface area (Å²) in [6, 6.07) is 12.4. The minimum Gasteiger partial charge on any atom is -0.325 e. The number of halogens is 3. The Labute approximate surface area is 149 Å². The van der Waals surface area contributed by atoms with Crippen LogP contribution in [0.15, 0.2) is 47.4 Å². The van der Waals surface area contributed by atoms with E-state index in [0.717, 1.165) is 4.90 Å². The van der Waals surface area contributed by atoms with Gasteiger partial charge in [-0.15, -0.1) is 11.8 Å². The van der Waals surface area contributed by atoms with Crippen LogP contribution in [0.5, 0.6) is 0 Å². The molecule has 116 valence electrons. The van der Waals surface area contributed by atoms with E-state index in [2.05, 4.69) is 5.32 Å². The van der Waals surface area contributed by atoms with Crippen molar-refractivity contribution in [1.82, 2.24) is 0 Å². The molecule has 1 atom stereocenters. The van der Waals surface area contributed by atoms with Gasteiger partial charge in [-0.05, 0) is 48.9 Å². The second kappa shape index (κ2) is 8.11. The van der Waals surface area contributed by atoms with Crippen LogP contribution in [0.4, 0.5) is 5.69 Å². The number of rotatable bonds is 5. The van der Waals surface area contributed by atoms with Crippen LogP contribution in [-0.4, -0.2) is 11.2 Å². The van der Waals surface area contributed by atoms with Crippen molar-refractivity contribution in [2.45, 2.75) is 23.5 Å². The molecule has 0 bridgehead atoms. The largest absolute Gasteiger partial charge is 0.325 e. The third-order valence-electron chi connectivity index (χ3n) is 2.89. The fourth-order valence-electron chi connectivity index (χ4n) is 1.85. The maximum absolute atomic E-state index is 12.4. The van der Waals surface area contributed by atoms with Gasteiger partial charge >= 0.3 is 0 Å². The summed E-state index contributed by atoms with van der Waals surface area (Å²) in [5.41, 5.74) is 0.595. The van der Waals surface area contributed by atoms with Crippen LogP contribution in [0.2, 0.25) is 15.1 Å². The predicted octanol–water partition coefficient (Wildman–Crippen LogP) is 6.16. The van der Waals surface area contributed by atoms with Gasteiger partial charge in [0, 0.05) is 25.7 Å². The molecule has 0 saturated heterocycles. The van der Waals surface area contributed by atoms with Gasteiger partial charge < -0.3 is 5.32 Å². The smallest absolute Gasteiger partial charge is 0.237 e. The summed E-state index contributed by atoms with van der Waals surface area (Å²) in [5.74, 6) is -0.0826. The number of amides is 1. The van der Waals surface area contributed by atoms with Gasteiger partial charge in [0.25, 0.3) is 0 Å². The number of anilines is 1. The third-order valence-corrected chi connectivity index (χ3v) is 4.95. The lowest BCUT2D eigenvalue weighted by atomic mass is 10.2. The van der Waals surface area contributed by atoms with Crippen molar-refractivity contribution in [1.29, 1.82) is 0 Å². The molecule has 2 rings (SSSR count). The first kappa shape index (κ1) is 17.5. The number of hydrogen-bond acceptors (Lipinski definition) is 2. The lowest BCUT2D eigenvalue weighted by Gasteiger charge is -2.15. The number of thioether (sulfide) groups is 1. The summed E-state index contributed by atoms with van der Waals surface area (Å²) in [6.45, 7) is 1.97. The molecule has 0 spiro atoms. The maximum atomic E-state index is 12.4. The van der Waals surface area contributed by atoms with E-state index in [9.17, 15) is 4.79 Å². The Kier molecular flexibility index (Phi) is 6.45. The van der Waals surface area contributed by atoms with Gasteiger partial charge in [-0.3, -0.25) is 4.79 Å². The predicted molar refractivity (Wildman–Crippen MR) is 96.5 cm³/mol. The number of carbonyl (C=O) groups is 1. The molecule has 0 heterocycles. The lowest BCUT2D eigenvalue weighted by molar-refractivity contribution is -0.115. The average Bonchev–Trinajstić information content (AvgIpc) is 2.45. The Morgan fingerprint density at radius 2 is 1.64 bits per heavy atom. The molecule has 0 saturated carbocycles. The monoisotopic (exact) mass is 373 g/mol. The number of carbonyl (C=O) groups excluding carboxylic acids is 1. The molecule has 6 heteroatoms. The van der Waals surface area contributed by atoms with Gasteiger partial charge in [0.15, 0.2) is 0 Å². The van der Waals surface area contributed by atoms with Crippen molar-refractivity contribution in [3.8, 4) is 0 Å². The van der Waals surface area contributed by atoms with Crippen LogP contribution in [0.25, 0.3) is 0 Å². The molecular formula is C16H14Cl3NOS. The first-order valence-electron chi connectivity index (χ1n) is 6.67. The van der Waals surface area contributed by atoms with Gasteiger partial charge in [-0.1, -0.05) is 41.7 Å². The van der Waals surface area contributed by atoms with Crippen molar-refractivity contribution in [2.24, 2.45) is 0 Å². The van der Waals surface area contributed by atoms with E-state index in [-0.39, 0.29) is 11.2 Å². The molecule has 0 aliphatic rings. The van der Waals surface area contributed by atoms with Crippen molar-refractivity contribution in [3.63, 3.8) is 0 Å². The normalized spacial score (nSPS) is 12.0. The van der Waals surface area contributed by atoms with Crippen molar-refractivity contribution < 1.29 is 4.79 Å². The minimum absolute atomic E-state index is 0.0826. The molecule has 0 aromatic heterocycles. The van der Waals surface area contributed by atoms with Gasteiger partial charge in [-0.25, -0.2) is 0 Å². The summed E-state index contributed by atoms with van der Waals surface area (Å²) in [7, 11) is 0. The summed E-state index contributed by atoms with van der Waals surface area (Å²) in [5, 5.41) is 4.29. The minimum atomic E-state index is -0.209. The Bertz CT molecular complexity index is 641. The van der Waals surface area contributed by atoms with Crippen LogP contribution < -0.4 is 5.32 Å². The highest BCUT2D eigenvalue weighted by Crippen LogP contribution is 2.28. The Morgan fingerprint density at radius 3 is 2.18 bits per heavy atom. The Morgan fingerprint density at radius 1 is 1.05 bits per heavy atom. The summed E-state index contributed by atoms with van der Waals surface area (Å²) in [4.78, 5) is 13.4. The van der Waals surface area contributed by atoms with Crippen LogP contribution in [0.1, 0.15) is 13.3 Å². The van der Waals surface area contributed by atoms with E-state index in [1.165, 1.54) is 11.8 Å². The van der Waals surface area contributed by atoms with E-state index < -0.39 is 0 Å². The fourth-order valence-corrected chi connectivity index (χ4v) is 3.45. The van der Waals surface area contributed by atoms with Crippen molar-refractivity contribution >= 4 is 58.2 Å². The Hall–Kier alpha value is -0.870. The molecule has 0 unspecified atom stereocenters. The first-order chi connectivity index (χ1) is 10.5. The molecule has 1 amide bonds. The zero-order valence-electron chi connectivity index (χ0n) is 11.8. The molecule has 0 fully saturated rings. The summed E-state index contributed by atoms with van der Waals surface area (Å²) in [6.07, 6.45) is 0.702. The maximum Gasteiger partial charge on any atom is 0.237 e. The topological polar surface area (TPSA) is 29.1 Å². The van der Waals surface area contributed by atoms with Gasteiger partial charge in [0.05, 0.1) is 5.25 Å². The highest BCUT2D eigenvalue weighted by molar-refractivity contribution is 8.00. The number of benzene rings is 2.